The molecule has 24 heavy (non-hydrogen) atoms. The number of hydrogen-bond acceptors (Lipinski definition) is 5. The van der Waals surface area contributed by atoms with Gasteiger partial charge in [0.15, 0.2) is 5.70 Å². The largest absolute Gasteiger partial charge is 0.402 e. The summed E-state index contributed by atoms with van der Waals surface area (Å²) in [6.45, 7) is 0. The number of carbonyl (C=O) groups excluding carboxylic acids is 1. The Balaban J connectivity index is 1.99. The molecule has 1 heterocycles. The topological polar surface area (TPSA) is 81.8 Å². The Morgan fingerprint density at radius 3 is 2.71 bits per heavy atom. The molecular formula is C16H8ClFN2O4. The molecule has 0 saturated carbocycles. The summed E-state index contributed by atoms with van der Waals surface area (Å²) in [7, 11) is 0. The van der Waals surface area contributed by atoms with Crippen molar-refractivity contribution in [1.29, 1.82) is 0 Å². The lowest BCUT2D eigenvalue weighted by Gasteiger charge is -1.99. The van der Waals surface area contributed by atoms with Crippen LogP contribution in [0.2, 0.25) is 5.02 Å². The first kappa shape index (κ1) is 15.8. The summed E-state index contributed by atoms with van der Waals surface area (Å²) in [5.74, 6) is -1.51. The number of halogens is 2. The van der Waals surface area contributed by atoms with Crippen molar-refractivity contribution in [2.24, 2.45) is 4.99 Å². The van der Waals surface area contributed by atoms with Crippen molar-refractivity contribution in [2.75, 3.05) is 0 Å². The number of nitro groups is 1. The Morgan fingerprint density at radius 2 is 2.00 bits per heavy atom. The average molecular weight is 347 g/mol. The number of ether oxygens (including phenoxy) is 1. The van der Waals surface area contributed by atoms with Gasteiger partial charge in [0, 0.05) is 6.07 Å². The van der Waals surface area contributed by atoms with Gasteiger partial charge in [-0.15, -0.1) is 0 Å². The highest BCUT2D eigenvalue weighted by molar-refractivity contribution is 6.32. The maximum Gasteiger partial charge on any atom is 0.363 e. The Bertz CT molecular complexity index is 924. The number of cyclic esters (lactones) is 1. The zero-order valence-electron chi connectivity index (χ0n) is 11.9. The molecular weight excluding hydrogens is 339 g/mol. The van der Waals surface area contributed by atoms with Crippen molar-refractivity contribution in [3.63, 3.8) is 0 Å². The normalized spacial score (nSPS) is 15.3. The predicted molar refractivity (Wildman–Crippen MR) is 85.1 cm³/mol. The van der Waals surface area contributed by atoms with E-state index in [1.165, 1.54) is 42.5 Å². The van der Waals surface area contributed by atoms with E-state index >= 15 is 0 Å². The van der Waals surface area contributed by atoms with Gasteiger partial charge in [-0.2, -0.15) is 0 Å². The molecule has 0 saturated heterocycles. The van der Waals surface area contributed by atoms with E-state index in [2.05, 4.69) is 4.99 Å². The van der Waals surface area contributed by atoms with E-state index in [0.717, 1.165) is 0 Å². The molecule has 0 aliphatic carbocycles. The van der Waals surface area contributed by atoms with Gasteiger partial charge >= 0.3 is 5.97 Å². The second-order valence-electron chi connectivity index (χ2n) is 4.78. The van der Waals surface area contributed by atoms with Crippen molar-refractivity contribution in [3.05, 3.63) is 80.2 Å². The summed E-state index contributed by atoms with van der Waals surface area (Å²) in [5, 5.41) is 10.9. The molecule has 8 heteroatoms. The highest BCUT2D eigenvalue weighted by Crippen LogP contribution is 2.27. The smallest absolute Gasteiger partial charge is 0.363 e. The fraction of sp³-hybridized carbons (Fsp3) is 0. The molecule has 0 aromatic heterocycles. The first-order chi connectivity index (χ1) is 11.5. The van der Waals surface area contributed by atoms with Crippen LogP contribution in [-0.2, 0) is 9.53 Å². The fourth-order valence-corrected chi connectivity index (χ4v) is 2.26. The van der Waals surface area contributed by atoms with Gasteiger partial charge in [0.1, 0.15) is 10.8 Å². The van der Waals surface area contributed by atoms with Crippen LogP contribution >= 0.6 is 11.6 Å². The number of rotatable bonds is 3. The van der Waals surface area contributed by atoms with Crippen molar-refractivity contribution in [1.82, 2.24) is 0 Å². The number of benzene rings is 2. The third-order valence-electron chi connectivity index (χ3n) is 3.20. The maximum absolute atomic E-state index is 13.7. The maximum atomic E-state index is 13.7. The summed E-state index contributed by atoms with van der Waals surface area (Å²) in [4.78, 5) is 26.1. The molecule has 3 rings (SSSR count). The summed E-state index contributed by atoms with van der Waals surface area (Å²) in [5.41, 5.74) is 0.00785. The minimum absolute atomic E-state index is 0.0216. The van der Waals surface area contributed by atoms with E-state index in [0.29, 0.717) is 5.56 Å². The van der Waals surface area contributed by atoms with Crippen LogP contribution in [-0.4, -0.2) is 16.8 Å². The van der Waals surface area contributed by atoms with E-state index in [1.807, 2.05) is 0 Å². The molecule has 120 valence electrons. The van der Waals surface area contributed by atoms with Gasteiger partial charge in [-0.1, -0.05) is 29.8 Å². The highest BCUT2D eigenvalue weighted by atomic mass is 35.5. The molecule has 1 aliphatic rings. The summed E-state index contributed by atoms with van der Waals surface area (Å²) < 4.78 is 18.7. The summed E-state index contributed by atoms with van der Waals surface area (Å²) in [6, 6.07) is 9.77. The lowest BCUT2D eigenvalue weighted by molar-refractivity contribution is -0.384. The van der Waals surface area contributed by atoms with E-state index in [4.69, 9.17) is 16.3 Å². The van der Waals surface area contributed by atoms with Crippen LogP contribution in [0.25, 0.3) is 6.08 Å². The minimum Gasteiger partial charge on any atom is -0.402 e. The molecule has 0 unspecified atom stereocenters. The lowest BCUT2D eigenvalue weighted by atomic mass is 10.1. The van der Waals surface area contributed by atoms with Gasteiger partial charge in [-0.25, -0.2) is 14.2 Å². The molecule has 0 bridgehead atoms. The Hall–Kier alpha value is -3.06. The third-order valence-corrected chi connectivity index (χ3v) is 3.51. The van der Waals surface area contributed by atoms with Gasteiger partial charge < -0.3 is 4.74 Å². The Kier molecular flexibility index (Phi) is 4.09. The molecule has 2 aromatic carbocycles. The number of nitrogens with zero attached hydrogens (tertiary/aromatic N) is 2. The van der Waals surface area contributed by atoms with Crippen LogP contribution in [0.5, 0.6) is 0 Å². The number of nitro benzene ring substituents is 1. The standard InChI is InChI=1S/C16H8ClFN2O4/c17-11-6-5-9(8-14(11)20(22)23)7-13-16(21)24-15(19-13)10-3-1-2-4-12(10)18/h1-8H. The van der Waals surface area contributed by atoms with Crippen LogP contribution in [0.1, 0.15) is 11.1 Å². The summed E-state index contributed by atoms with van der Waals surface area (Å²) >= 11 is 5.73. The van der Waals surface area contributed by atoms with Gasteiger partial charge in [-0.05, 0) is 29.8 Å². The molecule has 0 radical (unpaired) electrons. The molecule has 0 amide bonds. The van der Waals surface area contributed by atoms with Crippen molar-refractivity contribution < 1.29 is 18.8 Å². The second kappa shape index (κ2) is 6.21. The van der Waals surface area contributed by atoms with E-state index in [-0.39, 0.29) is 27.9 Å². The van der Waals surface area contributed by atoms with Gasteiger partial charge in [-0.3, -0.25) is 10.1 Å². The van der Waals surface area contributed by atoms with Gasteiger partial charge in [0.05, 0.1) is 10.5 Å². The number of hydrogen-bond donors (Lipinski definition) is 0. The molecule has 6 nitrogen and oxygen atoms in total. The Morgan fingerprint density at radius 1 is 1.25 bits per heavy atom. The van der Waals surface area contributed by atoms with E-state index in [9.17, 15) is 19.3 Å². The number of aliphatic imine (C=N–C) groups is 1. The van der Waals surface area contributed by atoms with E-state index in [1.54, 1.807) is 6.07 Å². The zero-order chi connectivity index (χ0) is 17.3. The van der Waals surface area contributed by atoms with Crippen molar-refractivity contribution >= 4 is 35.2 Å². The lowest BCUT2D eigenvalue weighted by Crippen LogP contribution is -2.07. The second-order valence-corrected chi connectivity index (χ2v) is 5.19. The Labute approximate surface area is 140 Å². The first-order valence-electron chi connectivity index (χ1n) is 6.67. The predicted octanol–water partition coefficient (Wildman–Crippen LogP) is 3.73. The van der Waals surface area contributed by atoms with Crippen LogP contribution in [0.15, 0.2) is 53.2 Å². The van der Waals surface area contributed by atoms with Gasteiger partial charge in [0.25, 0.3) is 5.69 Å². The van der Waals surface area contributed by atoms with Crippen LogP contribution < -0.4 is 0 Å². The zero-order valence-corrected chi connectivity index (χ0v) is 12.7. The van der Waals surface area contributed by atoms with Crippen molar-refractivity contribution in [2.45, 2.75) is 0 Å². The minimum atomic E-state index is -0.772. The van der Waals surface area contributed by atoms with Gasteiger partial charge in [0.2, 0.25) is 5.90 Å². The quantitative estimate of drug-likeness (QED) is 0.367. The summed E-state index contributed by atoms with van der Waals surface area (Å²) in [6.07, 6.45) is 1.31. The fourth-order valence-electron chi connectivity index (χ4n) is 2.08. The monoisotopic (exact) mass is 346 g/mol. The van der Waals surface area contributed by atoms with Crippen LogP contribution in [0, 0.1) is 15.9 Å². The number of esters is 1. The molecule has 0 fully saturated rings. The molecule has 0 atom stereocenters. The van der Waals surface area contributed by atoms with Crippen molar-refractivity contribution in [3.8, 4) is 0 Å². The van der Waals surface area contributed by atoms with Crippen LogP contribution in [0.3, 0.4) is 0 Å². The average Bonchev–Trinajstić information content (AvgIpc) is 2.90. The first-order valence-corrected chi connectivity index (χ1v) is 7.05. The van der Waals surface area contributed by atoms with Crippen LogP contribution in [0.4, 0.5) is 10.1 Å². The third kappa shape index (κ3) is 3.02. The SMILES string of the molecule is O=C1OC(c2ccccc2F)=NC1=Cc1ccc(Cl)c([N+](=O)[O-])c1. The molecule has 0 N–H and O–H groups in total. The molecule has 0 spiro atoms. The highest BCUT2D eigenvalue weighted by Gasteiger charge is 2.26. The molecule has 1 aliphatic heterocycles. The van der Waals surface area contributed by atoms with E-state index < -0.39 is 16.7 Å². The molecule has 2 aromatic rings. The number of carbonyl (C=O) groups is 1.